The maximum Gasteiger partial charge on any atom is 0.251 e. The summed E-state index contributed by atoms with van der Waals surface area (Å²) in [6, 6.07) is 11.7. The quantitative estimate of drug-likeness (QED) is 0.730. The summed E-state index contributed by atoms with van der Waals surface area (Å²) in [5, 5.41) is 2.73. The minimum absolute atomic E-state index is 0.0471. The molecule has 8 heteroatoms. The largest absolute Gasteiger partial charge is 0.351 e. The predicted octanol–water partition coefficient (Wildman–Crippen LogP) is 1.60. The molecular weight excluding hydrogens is 357 g/mol. The molecule has 0 aliphatic carbocycles. The molecule has 0 spiro atoms. The topological polar surface area (TPSA) is 78.5 Å². The summed E-state index contributed by atoms with van der Waals surface area (Å²) in [4.78, 5) is 14.0. The Labute approximate surface area is 153 Å². The SMILES string of the molecule is CN(C)CCNC(=O)c1cccc(S(=O)(=O)NCc2ccccc2F)c1. The summed E-state index contributed by atoms with van der Waals surface area (Å²) in [7, 11) is -0.0911. The lowest BCUT2D eigenvalue weighted by molar-refractivity contribution is 0.0951. The van der Waals surface area contributed by atoms with Gasteiger partial charge in [0.05, 0.1) is 4.90 Å². The van der Waals surface area contributed by atoms with E-state index < -0.39 is 15.8 Å². The first-order valence-electron chi connectivity index (χ1n) is 8.05. The van der Waals surface area contributed by atoms with Gasteiger partial charge in [0.25, 0.3) is 5.91 Å². The van der Waals surface area contributed by atoms with Crippen molar-refractivity contribution in [3.8, 4) is 0 Å². The molecule has 140 valence electrons. The van der Waals surface area contributed by atoms with Crippen molar-refractivity contribution in [2.75, 3.05) is 27.2 Å². The Morgan fingerprint density at radius 3 is 2.54 bits per heavy atom. The maximum atomic E-state index is 13.6. The third kappa shape index (κ3) is 5.62. The molecular formula is C18H22FN3O3S. The smallest absolute Gasteiger partial charge is 0.251 e. The molecule has 0 heterocycles. The summed E-state index contributed by atoms with van der Waals surface area (Å²) < 4.78 is 40.8. The summed E-state index contributed by atoms with van der Waals surface area (Å²) in [5.41, 5.74) is 0.492. The summed E-state index contributed by atoms with van der Waals surface area (Å²) >= 11 is 0. The molecule has 0 aromatic heterocycles. The van der Waals surface area contributed by atoms with Gasteiger partial charge in [-0.2, -0.15) is 0 Å². The van der Waals surface area contributed by atoms with E-state index in [2.05, 4.69) is 10.0 Å². The molecule has 2 rings (SSSR count). The van der Waals surface area contributed by atoms with Crippen LogP contribution in [0.3, 0.4) is 0 Å². The van der Waals surface area contributed by atoms with E-state index in [0.717, 1.165) is 0 Å². The van der Waals surface area contributed by atoms with Gasteiger partial charge in [-0.3, -0.25) is 4.79 Å². The minimum Gasteiger partial charge on any atom is -0.351 e. The zero-order chi connectivity index (χ0) is 19.2. The molecule has 0 saturated carbocycles. The molecule has 0 fully saturated rings. The number of likely N-dealkylation sites (N-methyl/N-ethyl adjacent to an activating group) is 1. The monoisotopic (exact) mass is 379 g/mol. The van der Waals surface area contributed by atoms with E-state index in [1.165, 1.54) is 36.4 Å². The molecule has 0 radical (unpaired) electrons. The number of benzene rings is 2. The average Bonchev–Trinajstić information content (AvgIpc) is 2.61. The molecule has 2 N–H and O–H groups in total. The van der Waals surface area contributed by atoms with Crippen LogP contribution in [-0.4, -0.2) is 46.4 Å². The van der Waals surface area contributed by atoms with E-state index in [0.29, 0.717) is 13.1 Å². The maximum absolute atomic E-state index is 13.6. The van der Waals surface area contributed by atoms with Gasteiger partial charge in [-0.25, -0.2) is 17.5 Å². The van der Waals surface area contributed by atoms with Gasteiger partial charge in [0.2, 0.25) is 10.0 Å². The molecule has 26 heavy (non-hydrogen) atoms. The Morgan fingerprint density at radius 2 is 1.85 bits per heavy atom. The fraction of sp³-hybridized carbons (Fsp3) is 0.278. The Bertz CT molecular complexity index is 869. The predicted molar refractivity (Wildman–Crippen MR) is 97.8 cm³/mol. The van der Waals surface area contributed by atoms with Crippen LogP contribution in [0.2, 0.25) is 0 Å². The van der Waals surface area contributed by atoms with E-state index in [-0.39, 0.29) is 28.5 Å². The Kier molecular flexibility index (Phi) is 6.84. The van der Waals surface area contributed by atoms with Crippen molar-refractivity contribution < 1.29 is 17.6 Å². The standard InChI is InChI=1S/C18H22FN3O3S/c1-22(2)11-10-20-18(23)14-7-5-8-16(12-14)26(24,25)21-13-15-6-3-4-9-17(15)19/h3-9,12,21H,10-11,13H2,1-2H3,(H,20,23). The van der Waals surface area contributed by atoms with E-state index in [1.54, 1.807) is 12.1 Å². The van der Waals surface area contributed by atoms with Crippen LogP contribution in [0, 0.1) is 5.82 Å². The minimum atomic E-state index is -3.87. The van der Waals surface area contributed by atoms with E-state index in [4.69, 9.17) is 0 Å². The van der Waals surface area contributed by atoms with Crippen LogP contribution in [0.15, 0.2) is 53.4 Å². The molecule has 2 aromatic rings. The molecule has 1 amide bonds. The number of amides is 1. The second kappa shape index (κ2) is 8.88. The zero-order valence-electron chi connectivity index (χ0n) is 14.7. The highest BCUT2D eigenvalue weighted by Crippen LogP contribution is 2.13. The molecule has 0 bridgehead atoms. The lowest BCUT2D eigenvalue weighted by Crippen LogP contribution is -2.31. The number of carbonyl (C=O) groups is 1. The summed E-state index contributed by atoms with van der Waals surface area (Å²) in [6.07, 6.45) is 0. The molecule has 0 aliphatic rings. The van der Waals surface area contributed by atoms with Crippen molar-refractivity contribution in [1.29, 1.82) is 0 Å². The van der Waals surface area contributed by atoms with Gasteiger partial charge < -0.3 is 10.2 Å². The first kappa shape index (κ1) is 20.0. The van der Waals surface area contributed by atoms with Crippen LogP contribution in [0.1, 0.15) is 15.9 Å². The van der Waals surface area contributed by atoms with Crippen molar-refractivity contribution in [1.82, 2.24) is 14.9 Å². The van der Waals surface area contributed by atoms with Crippen LogP contribution < -0.4 is 10.0 Å². The first-order valence-corrected chi connectivity index (χ1v) is 9.54. The molecule has 6 nitrogen and oxygen atoms in total. The van der Waals surface area contributed by atoms with Crippen molar-refractivity contribution >= 4 is 15.9 Å². The number of nitrogens with zero attached hydrogens (tertiary/aromatic N) is 1. The van der Waals surface area contributed by atoms with Crippen molar-refractivity contribution in [3.05, 3.63) is 65.5 Å². The number of rotatable bonds is 8. The van der Waals surface area contributed by atoms with Gasteiger partial charge in [0, 0.05) is 30.8 Å². The lowest BCUT2D eigenvalue weighted by Gasteiger charge is -2.11. The van der Waals surface area contributed by atoms with E-state index in [1.807, 2.05) is 19.0 Å². The van der Waals surface area contributed by atoms with Crippen molar-refractivity contribution in [2.24, 2.45) is 0 Å². The van der Waals surface area contributed by atoms with Crippen LogP contribution in [0.4, 0.5) is 4.39 Å². The highest BCUT2D eigenvalue weighted by atomic mass is 32.2. The fourth-order valence-electron chi connectivity index (χ4n) is 2.20. The number of hydrogen-bond donors (Lipinski definition) is 2. The van der Waals surface area contributed by atoms with Crippen LogP contribution in [0.5, 0.6) is 0 Å². The Morgan fingerprint density at radius 1 is 1.12 bits per heavy atom. The van der Waals surface area contributed by atoms with Gasteiger partial charge in [-0.1, -0.05) is 24.3 Å². The number of carbonyl (C=O) groups excluding carboxylic acids is 1. The number of hydrogen-bond acceptors (Lipinski definition) is 4. The van der Waals surface area contributed by atoms with Gasteiger partial charge in [-0.05, 0) is 38.4 Å². The van der Waals surface area contributed by atoms with E-state index >= 15 is 0 Å². The second-order valence-electron chi connectivity index (χ2n) is 6.00. The van der Waals surface area contributed by atoms with Gasteiger partial charge >= 0.3 is 0 Å². The third-order valence-corrected chi connectivity index (χ3v) is 5.06. The highest BCUT2D eigenvalue weighted by Gasteiger charge is 2.16. The summed E-state index contributed by atoms with van der Waals surface area (Å²) in [6.45, 7) is 0.955. The molecule has 0 unspecified atom stereocenters. The van der Waals surface area contributed by atoms with Crippen molar-refractivity contribution in [3.63, 3.8) is 0 Å². The van der Waals surface area contributed by atoms with Crippen LogP contribution >= 0.6 is 0 Å². The molecule has 0 atom stereocenters. The fourth-order valence-corrected chi connectivity index (χ4v) is 3.25. The number of sulfonamides is 1. The number of nitrogens with one attached hydrogen (secondary N) is 2. The van der Waals surface area contributed by atoms with Crippen LogP contribution in [-0.2, 0) is 16.6 Å². The van der Waals surface area contributed by atoms with Gasteiger partial charge in [0.15, 0.2) is 0 Å². The first-order chi connectivity index (χ1) is 12.3. The molecule has 0 saturated heterocycles. The molecule has 2 aromatic carbocycles. The lowest BCUT2D eigenvalue weighted by atomic mass is 10.2. The van der Waals surface area contributed by atoms with Crippen LogP contribution in [0.25, 0.3) is 0 Å². The van der Waals surface area contributed by atoms with Crippen molar-refractivity contribution in [2.45, 2.75) is 11.4 Å². The third-order valence-electron chi connectivity index (χ3n) is 3.66. The van der Waals surface area contributed by atoms with Gasteiger partial charge in [-0.15, -0.1) is 0 Å². The number of halogens is 1. The zero-order valence-corrected chi connectivity index (χ0v) is 15.5. The second-order valence-corrected chi connectivity index (χ2v) is 7.77. The van der Waals surface area contributed by atoms with Gasteiger partial charge in [0.1, 0.15) is 5.82 Å². The highest BCUT2D eigenvalue weighted by molar-refractivity contribution is 7.89. The molecule has 0 aliphatic heterocycles. The Balaban J connectivity index is 2.07. The normalized spacial score (nSPS) is 11.5. The van der Waals surface area contributed by atoms with E-state index in [9.17, 15) is 17.6 Å². The Hall–Kier alpha value is -2.29. The average molecular weight is 379 g/mol. The summed E-state index contributed by atoms with van der Waals surface area (Å²) in [5.74, 6) is -0.831.